The summed E-state index contributed by atoms with van der Waals surface area (Å²) in [6.45, 7) is 4.09. The Morgan fingerprint density at radius 3 is 0.970 bits per heavy atom. The van der Waals surface area contributed by atoms with Gasteiger partial charge in [-0.3, -0.25) is 0 Å². The quantitative estimate of drug-likeness (QED) is 0.348. The number of benzene rings is 4. The summed E-state index contributed by atoms with van der Waals surface area (Å²) in [6.07, 6.45) is 0. The minimum Gasteiger partial charge on any atom is -0.478 e. The zero-order valence-corrected chi connectivity index (χ0v) is 19.4. The Morgan fingerprint density at radius 2 is 0.727 bits per heavy atom. The Kier molecular flexibility index (Phi) is 5.99. The van der Waals surface area contributed by atoms with Gasteiger partial charge in [0.1, 0.15) is 0 Å². The molecule has 4 aromatic carbocycles. The third kappa shape index (κ3) is 4.11. The highest BCUT2D eigenvalue weighted by Crippen LogP contribution is 2.13. The van der Waals surface area contributed by atoms with E-state index in [-0.39, 0.29) is 11.1 Å². The molecule has 0 radical (unpaired) electrons. The molecule has 4 rings (SSSR count). The number of hydrogen-bond acceptors (Lipinski definition) is 2. The molecule has 5 heteroatoms. The molecule has 0 aromatic heterocycles. The maximum atomic E-state index is 11.5. The molecule has 4 aromatic rings. The van der Waals surface area contributed by atoms with Crippen LogP contribution in [-0.2, 0) is 0 Å². The van der Waals surface area contributed by atoms with Gasteiger partial charge in [0, 0.05) is 0 Å². The van der Waals surface area contributed by atoms with Crippen LogP contribution in [0.4, 0.5) is 0 Å². The van der Waals surface area contributed by atoms with Gasteiger partial charge in [-0.1, -0.05) is 83.9 Å². The Labute approximate surface area is 193 Å². The number of aryl methyl sites for hydroxylation is 2. The molecule has 0 saturated heterocycles. The summed E-state index contributed by atoms with van der Waals surface area (Å²) in [4.78, 5) is 23.0. The van der Waals surface area contributed by atoms with Gasteiger partial charge in [-0.25, -0.2) is 9.59 Å². The SMILES string of the molecule is Cc1ccc([Si](c2ccc(C)cc2)(c2ccc(C(=O)O)cc2)c2ccc(C(=O)O)cc2)cc1. The number of aromatic carboxylic acids is 2. The second-order valence-corrected chi connectivity index (χ2v) is 12.1. The molecule has 0 amide bonds. The lowest BCUT2D eigenvalue weighted by Gasteiger charge is -2.34. The fraction of sp³-hybridized carbons (Fsp3) is 0.0714. The van der Waals surface area contributed by atoms with Crippen molar-refractivity contribution in [1.29, 1.82) is 0 Å². The van der Waals surface area contributed by atoms with E-state index in [0.717, 1.165) is 31.9 Å². The van der Waals surface area contributed by atoms with Crippen molar-refractivity contribution in [3.8, 4) is 0 Å². The zero-order valence-electron chi connectivity index (χ0n) is 18.4. The first-order chi connectivity index (χ1) is 15.8. The van der Waals surface area contributed by atoms with Crippen molar-refractivity contribution in [2.75, 3.05) is 0 Å². The van der Waals surface area contributed by atoms with E-state index in [4.69, 9.17) is 0 Å². The van der Waals surface area contributed by atoms with Gasteiger partial charge in [0.2, 0.25) is 0 Å². The molecule has 0 fully saturated rings. The first kappa shape index (κ1) is 22.2. The number of carbonyl (C=O) groups is 2. The largest absolute Gasteiger partial charge is 0.478 e. The molecule has 0 unspecified atom stereocenters. The summed E-state index contributed by atoms with van der Waals surface area (Å²) in [6, 6.07) is 31.1. The van der Waals surface area contributed by atoms with Gasteiger partial charge in [-0.2, -0.15) is 0 Å². The summed E-state index contributed by atoms with van der Waals surface area (Å²) in [7, 11) is -2.85. The van der Waals surface area contributed by atoms with E-state index in [9.17, 15) is 19.8 Å². The van der Waals surface area contributed by atoms with Crippen molar-refractivity contribution < 1.29 is 19.8 Å². The molecule has 0 heterocycles. The average Bonchev–Trinajstić information content (AvgIpc) is 2.82. The Morgan fingerprint density at radius 1 is 0.485 bits per heavy atom. The molecular formula is C28H24O4Si. The van der Waals surface area contributed by atoms with E-state index in [0.29, 0.717) is 0 Å². The maximum Gasteiger partial charge on any atom is 0.335 e. The summed E-state index contributed by atoms with van der Waals surface area (Å²) in [5.74, 6) is -1.93. The van der Waals surface area contributed by atoms with Crippen LogP contribution in [0.25, 0.3) is 0 Å². The predicted molar refractivity (Wildman–Crippen MR) is 133 cm³/mol. The molecule has 0 aliphatic rings. The lowest BCUT2D eigenvalue weighted by atomic mass is 10.2. The van der Waals surface area contributed by atoms with Crippen LogP contribution in [0.15, 0.2) is 97.1 Å². The standard InChI is InChI=1S/C28H24O4Si/c1-19-3-11-23(12-4-19)33(24-13-5-20(2)6-14-24,25-15-7-21(8-16-25)27(29)30)26-17-9-22(10-18-26)28(31)32/h3-18H,1-2H3,(H,29,30)(H,31,32). The second kappa shape index (κ2) is 8.88. The van der Waals surface area contributed by atoms with Gasteiger partial charge >= 0.3 is 11.9 Å². The highest BCUT2D eigenvalue weighted by molar-refractivity contribution is 7.19. The van der Waals surface area contributed by atoms with Crippen molar-refractivity contribution in [1.82, 2.24) is 0 Å². The van der Waals surface area contributed by atoms with E-state index < -0.39 is 20.0 Å². The van der Waals surface area contributed by atoms with Crippen LogP contribution >= 0.6 is 0 Å². The summed E-state index contributed by atoms with van der Waals surface area (Å²) < 4.78 is 0. The van der Waals surface area contributed by atoms with Crippen LogP contribution in [0.2, 0.25) is 0 Å². The van der Waals surface area contributed by atoms with Crippen LogP contribution in [-0.4, -0.2) is 30.2 Å². The molecule has 0 bridgehead atoms. The Bertz CT molecular complexity index is 1190. The van der Waals surface area contributed by atoms with Gasteiger partial charge < -0.3 is 10.2 Å². The zero-order chi connectivity index (χ0) is 23.6. The Hall–Kier alpha value is -3.96. The van der Waals surface area contributed by atoms with E-state index in [1.807, 2.05) is 38.1 Å². The molecule has 0 aliphatic carbocycles. The highest BCUT2D eigenvalue weighted by atomic mass is 28.3. The summed E-state index contributed by atoms with van der Waals surface area (Å²) in [5, 5.41) is 23.2. The molecule has 0 spiro atoms. The summed E-state index contributed by atoms with van der Waals surface area (Å²) >= 11 is 0. The van der Waals surface area contributed by atoms with Crippen molar-refractivity contribution in [3.63, 3.8) is 0 Å². The normalized spacial score (nSPS) is 11.2. The first-order valence-electron chi connectivity index (χ1n) is 10.6. The number of carboxylic acids is 2. The molecule has 2 N–H and O–H groups in total. The lowest BCUT2D eigenvalue weighted by Crippen LogP contribution is -2.74. The fourth-order valence-corrected chi connectivity index (χ4v) is 9.00. The average molecular weight is 453 g/mol. The predicted octanol–water partition coefficient (Wildman–Crippen LogP) is 3.08. The molecule has 0 saturated carbocycles. The van der Waals surface area contributed by atoms with Crippen LogP contribution in [0.1, 0.15) is 31.8 Å². The molecule has 33 heavy (non-hydrogen) atoms. The van der Waals surface area contributed by atoms with Crippen molar-refractivity contribution >= 4 is 40.8 Å². The first-order valence-corrected chi connectivity index (χ1v) is 12.6. The van der Waals surface area contributed by atoms with Crippen molar-refractivity contribution in [2.24, 2.45) is 0 Å². The molecule has 4 nitrogen and oxygen atoms in total. The van der Waals surface area contributed by atoms with E-state index in [2.05, 4.69) is 48.5 Å². The number of hydrogen-bond donors (Lipinski definition) is 2. The third-order valence-electron chi connectivity index (χ3n) is 6.10. The minimum absolute atomic E-state index is 0.232. The van der Waals surface area contributed by atoms with Crippen LogP contribution < -0.4 is 20.7 Å². The van der Waals surface area contributed by atoms with Gasteiger partial charge in [-0.05, 0) is 58.9 Å². The topological polar surface area (TPSA) is 74.6 Å². The smallest absolute Gasteiger partial charge is 0.335 e. The second-order valence-electron chi connectivity index (χ2n) is 8.25. The van der Waals surface area contributed by atoms with Gasteiger partial charge in [0.25, 0.3) is 0 Å². The molecule has 164 valence electrons. The fourth-order valence-electron chi connectivity index (χ4n) is 4.33. The molecule has 0 aliphatic heterocycles. The van der Waals surface area contributed by atoms with E-state index in [1.165, 1.54) is 0 Å². The lowest BCUT2D eigenvalue weighted by molar-refractivity contribution is 0.0686. The number of carboxylic acid groups (broad SMARTS) is 2. The Balaban J connectivity index is 2.08. The summed E-state index contributed by atoms with van der Waals surface area (Å²) in [5.41, 5.74) is 2.76. The monoisotopic (exact) mass is 452 g/mol. The van der Waals surface area contributed by atoms with Crippen molar-refractivity contribution in [2.45, 2.75) is 13.8 Å². The number of rotatable bonds is 6. The molecular weight excluding hydrogens is 428 g/mol. The van der Waals surface area contributed by atoms with Gasteiger partial charge in [0.05, 0.1) is 11.1 Å². The van der Waals surface area contributed by atoms with Gasteiger partial charge in [-0.15, -0.1) is 0 Å². The molecule has 0 atom stereocenters. The highest BCUT2D eigenvalue weighted by Gasteiger charge is 2.41. The minimum atomic E-state index is -2.85. The van der Waals surface area contributed by atoms with Crippen LogP contribution in [0, 0.1) is 13.8 Å². The van der Waals surface area contributed by atoms with Crippen molar-refractivity contribution in [3.05, 3.63) is 119 Å². The van der Waals surface area contributed by atoms with Crippen LogP contribution in [0.5, 0.6) is 0 Å². The van der Waals surface area contributed by atoms with Crippen LogP contribution in [0.3, 0.4) is 0 Å². The van der Waals surface area contributed by atoms with E-state index >= 15 is 0 Å². The van der Waals surface area contributed by atoms with E-state index in [1.54, 1.807) is 24.3 Å². The van der Waals surface area contributed by atoms with Gasteiger partial charge in [0.15, 0.2) is 8.07 Å². The maximum absolute atomic E-state index is 11.5. The third-order valence-corrected chi connectivity index (χ3v) is 10.9.